The number of nitrogens with zero attached hydrogens (tertiary/aromatic N) is 2. The Morgan fingerprint density at radius 1 is 0.512 bits per heavy atom. The van der Waals surface area contributed by atoms with Crippen molar-refractivity contribution in [2.75, 3.05) is 4.90 Å². The zero-order chi connectivity index (χ0) is 29.0. The van der Waals surface area contributed by atoms with E-state index in [-0.39, 0.29) is 0 Å². The van der Waals surface area contributed by atoms with E-state index in [1.807, 2.05) is 0 Å². The lowest BCUT2D eigenvalue weighted by Gasteiger charge is -2.28. The second-order valence-electron chi connectivity index (χ2n) is 10.6. The summed E-state index contributed by atoms with van der Waals surface area (Å²) in [5.41, 5.74) is 11.7. The third-order valence-corrected chi connectivity index (χ3v) is 7.95. The van der Waals surface area contributed by atoms with Crippen LogP contribution in [0, 0.1) is 0 Å². The highest BCUT2D eigenvalue weighted by Crippen LogP contribution is 2.37. The number of hydrogen-bond acceptors (Lipinski definition) is 1. The molecule has 206 valence electrons. The molecule has 6 aromatic carbocycles. The molecular weight excluding hydrogens is 520 g/mol. The number of para-hydroxylation sites is 2. The minimum absolute atomic E-state index is 1.12. The highest BCUT2D eigenvalue weighted by molar-refractivity contribution is 5.93. The Bertz CT molecular complexity index is 1990. The van der Waals surface area contributed by atoms with Crippen molar-refractivity contribution in [3.63, 3.8) is 0 Å². The molecule has 0 N–H and O–H groups in total. The van der Waals surface area contributed by atoms with E-state index in [1.165, 1.54) is 38.9 Å². The number of hydrogen-bond donors (Lipinski definition) is 0. The monoisotopic (exact) mass is 552 g/mol. The molecule has 0 radical (unpaired) electrons. The van der Waals surface area contributed by atoms with Crippen LogP contribution in [0.1, 0.15) is 12.5 Å². The van der Waals surface area contributed by atoms with Gasteiger partial charge in [0.1, 0.15) is 0 Å². The maximum absolute atomic E-state index is 2.37. The van der Waals surface area contributed by atoms with E-state index in [2.05, 4.69) is 192 Å². The minimum Gasteiger partial charge on any atom is -0.310 e. The summed E-state index contributed by atoms with van der Waals surface area (Å²) in [7, 11) is 0. The van der Waals surface area contributed by atoms with Gasteiger partial charge in [-0.05, 0) is 77.7 Å². The van der Waals surface area contributed by atoms with Crippen molar-refractivity contribution in [1.82, 2.24) is 4.57 Å². The summed E-state index contributed by atoms with van der Waals surface area (Å²) in [6.07, 6.45) is 2.19. The molecule has 1 aromatic heterocycles. The Morgan fingerprint density at radius 3 is 1.72 bits per heavy atom. The van der Waals surface area contributed by atoms with E-state index in [9.17, 15) is 0 Å². The molecular formula is C41H32N2. The normalized spacial score (nSPS) is 11.5. The molecule has 0 unspecified atom stereocenters. The molecule has 2 heteroatoms. The fraction of sp³-hybridized carbons (Fsp3) is 0.0244. The molecule has 7 rings (SSSR count). The summed E-state index contributed by atoms with van der Waals surface area (Å²) in [5, 5.41) is 1.22. The Balaban J connectivity index is 1.32. The van der Waals surface area contributed by atoms with Gasteiger partial charge in [0.15, 0.2) is 0 Å². The van der Waals surface area contributed by atoms with Crippen molar-refractivity contribution in [3.05, 3.63) is 181 Å². The second kappa shape index (κ2) is 11.7. The van der Waals surface area contributed by atoms with Gasteiger partial charge >= 0.3 is 0 Å². The first-order chi connectivity index (χ1) is 21.3. The standard InChI is InChI=1S/C41H32N2/c1-2-39(32-15-7-3-8-16-32)42(36-19-11-5-12-20-36)38-27-25-31(26-28-38)34-23-24-35-30-40(33-17-9-4-10-18-33)43(41(35)29-34)37-21-13-6-14-22-37/h2-30H,1H3/b39-2-. The lowest BCUT2D eigenvalue weighted by molar-refractivity contribution is 1.13. The Labute approximate surface area is 253 Å². The molecule has 0 fully saturated rings. The molecule has 43 heavy (non-hydrogen) atoms. The third-order valence-electron chi connectivity index (χ3n) is 7.95. The van der Waals surface area contributed by atoms with Crippen molar-refractivity contribution < 1.29 is 0 Å². The molecule has 2 nitrogen and oxygen atoms in total. The van der Waals surface area contributed by atoms with E-state index in [4.69, 9.17) is 0 Å². The maximum Gasteiger partial charge on any atom is 0.0541 e. The van der Waals surface area contributed by atoms with Crippen LogP contribution in [0.15, 0.2) is 176 Å². The maximum atomic E-state index is 2.37. The number of allylic oxidation sites excluding steroid dienone is 1. The average molecular weight is 553 g/mol. The number of benzene rings is 6. The van der Waals surface area contributed by atoms with Crippen LogP contribution in [0.25, 0.3) is 44.7 Å². The molecule has 0 bridgehead atoms. The van der Waals surface area contributed by atoms with Crippen LogP contribution in [0.4, 0.5) is 11.4 Å². The SMILES string of the molecule is C/C=C(/c1ccccc1)N(c1ccccc1)c1ccc(-c2ccc3cc(-c4ccccc4)n(-c4ccccc4)c3c2)cc1. The van der Waals surface area contributed by atoms with E-state index < -0.39 is 0 Å². The average Bonchev–Trinajstić information content (AvgIpc) is 3.48. The van der Waals surface area contributed by atoms with Crippen LogP contribution in [0.2, 0.25) is 0 Å². The smallest absolute Gasteiger partial charge is 0.0541 e. The van der Waals surface area contributed by atoms with E-state index >= 15 is 0 Å². The first-order valence-electron chi connectivity index (χ1n) is 14.7. The van der Waals surface area contributed by atoms with E-state index in [1.54, 1.807) is 0 Å². The molecule has 0 amide bonds. The van der Waals surface area contributed by atoms with Gasteiger partial charge < -0.3 is 9.47 Å². The van der Waals surface area contributed by atoms with Crippen molar-refractivity contribution in [3.8, 4) is 28.1 Å². The predicted octanol–water partition coefficient (Wildman–Crippen LogP) is 11.2. The van der Waals surface area contributed by atoms with Gasteiger partial charge in [-0.15, -0.1) is 0 Å². The first kappa shape index (κ1) is 26.3. The Hall–Kier alpha value is -5.60. The number of fused-ring (bicyclic) bond motifs is 1. The lowest BCUT2D eigenvalue weighted by Crippen LogP contribution is -2.15. The first-order valence-corrected chi connectivity index (χ1v) is 14.7. The highest BCUT2D eigenvalue weighted by Gasteiger charge is 2.17. The van der Waals surface area contributed by atoms with Crippen molar-refractivity contribution >= 4 is 28.0 Å². The van der Waals surface area contributed by atoms with Gasteiger partial charge in [-0.1, -0.05) is 127 Å². The number of anilines is 2. The topological polar surface area (TPSA) is 8.17 Å². The molecule has 0 saturated carbocycles. The van der Waals surface area contributed by atoms with Gasteiger partial charge in [-0.2, -0.15) is 0 Å². The highest BCUT2D eigenvalue weighted by atomic mass is 15.1. The zero-order valence-electron chi connectivity index (χ0n) is 24.1. The summed E-state index contributed by atoms with van der Waals surface area (Å²) in [6, 6.07) is 60.4. The molecule has 0 spiro atoms. The number of rotatable bonds is 7. The zero-order valence-corrected chi connectivity index (χ0v) is 24.1. The van der Waals surface area contributed by atoms with Crippen LogP contribution in [0.5, 0.6) is 0 Å². The molecule has 0 aliphatic carbocycles. The molecule has 0 atom stereocenters. The Morgan fingerprint density at radius 2 is 1.07 bits per heavy atom. The van der Waals surface area contributed by atoms with Crippen molar-refractivity contribution in [2.24, 2.45) is 0 Å². The summed E-state index contributed by atoms with van der Waals surface area (Å²) in [6.45, 7) is 2.10. The minimum atomic E-state index is 1.12. The summed E-state index contributed by atoms with van der Waals surface area (Å²) >= 11 is 0. The van der Waals surface area contributed by atoms with Crippen LogP contribution in [-0.4, -0.2) is 4.57 Å². The fourth-order valence-electron chi connectivity index (χ4n) is 5.90. The third kappa shape index (κ3) is 5.16. The summed E-state index contributed by atoms with van der Waals surface area (Å²) in [4.78, 5) is 2.33. The van der Waals surface area contributed by atoms with Gasteiger partial charge in [-0.3, -0.25) is 0 Å². The van der Waals surface area contributed by atoms with Gasteiger partial charge in [0.25, 0.3) is 0 Å². The fourth-order valence-corrected chi connectivity index (χ4v) is 5.90. The predicted molar refractivity (Wildman–Crippen MR) is 183 cm³/mol. The van der Waals surface area contributed by atoms with Gasteiger partial charge in [0.2, 0.25) is 0 Å². The van der Waals surface area contributed by atoms with Gasteiger partial charge in [-0.25, -0.2) is 0 Å². The van der Waals surface area contributed by atoms with Gasteiger partial charge in [0, 0.05) is 28.1 Å². The van der Waals surface area contributed by atoms with Crippen LogP contribution in [-0.2, 0) is 0 Å². The van der Waals surface area contributed by atoms with Gasteiger partial charge in [0.05, 0.1) is 11.2 Å². The quantitative estimate of drug-likeness (QED) is 0.191. The second-order valence-corrected chi connectivity index (χ2v) is 10.6. The van der Waals surface area contributed by atoms with Crippen molar-refractivity contribution in [1.29, 1.82) is 0 Å². The number of aromatic nitrogens is 1. The molecule has 7 aromatic rings. The molecule has 0 aliphatic rings. The van der Waals surface area contributed by atoms with Crippen LogP contribution < -0.4 is 4.90 Å². The summed E-state index contributed by atoms with van der Waals surface area (Å²) in [5.74, 6) is 0. The Kier molecular flexibility index (Phi) is 7.17. The van der Waals surface area contributed by atoms with Crippen molar-refractivity contribution in [2.45, 2.75) is 6.92 Å². The molecule has 0 saturated heterocycles. The largest absolute Gasteiger partial charge is 0.310 e. The molecule has 0 aliphatic heterocycles. The summed E-state index contributed by atoms with van der Waals surface area (Å²) < 4.78 is 2.37. The van der Waals surface area contributed by atoms with Crippen LogP contribution >= 0.6 is 0 Å². The molecule has 1 heterocycles. The van der Waals surface area contributed by atoms with E-state index in [0.29, 0.717) is 0 Å². The lowest BCUT2D eigenvalue weighted by atomic mass is 10.0. The van der Waals surface area contributed by atoms with E-state index in [0.717, 1.165) is 22.8 Å². The van der Waals surface area contributed by atoms with Crippen LogP contribution in [0.3, 0.4) is 0 Å².